The zero-order valence-corrected chi connectivity index (χ0v) is 12.9. The summed E-state index contributed by atoms with van der Waals surface area (Å²) in [5.41, 5.74) is 16.0. The number of fused-ring (bicyclic) bond motifs is 1. The van der Waals surface area contributed by atoms with Crippen LogP contribution in [0.1, 0.15) is 29.0 Å². The van der Waals surface area contributed by atoms with Gasteiger partial charge in [0.05, 0.1) is 0 Å². The number of hydrogen-bond donors (Lipinski definition) is 2. The fourth-order valence-electron chi connectivity index (χ4n) is 3.30. The van der Waals surface area contributed by atoms with Gasteiger partial charge in [0, 0.05) is 18.5 Å². The van der Waals surface area contributed by atoms with Crippen LogP contribution in [-0.2, 0) is 12.8 Å². The number of rotatable bonds is 5. The summed E-state index contributed by atoms with van der Waals surface area (Å²) in [6, 6.07) is 17.2. The molecule has 0 heterocycles. The molecule has 2 aromatic rings. The first kappa shape index (κ1) is 15.1. The second kappa shape index (κ2) is 6.95. The molecule has 0 radical (unpaired) electrons. The number of benzene rings is 2. The van der Waals surface area contributed by atoms with Gasteiger partial charge in [-0.05, 0) is 48.1 Å². The van der Waals surface area contributed by atoms with Gasteiger partial charge in [0.15, 0.2) is 0 Å². The summed E-state index contributed by atoms with van der Waals surface area (Å²) in [5, 5.41) is 0. The van der Waals surface area contributed by atoms with Crippen molar-refractivity contribution in [3.8, 4) is 5.75 Å². The molecule has 0 aliphatic heterocycles. The van der Waals surface area contributed by atoms with Gasteiger partial charge >= 0.3 is 0 Å². The maximum atomic E-state index is 6.43. The second-order valence-corrected chi connectivity index (χ2v) is 6.00. The van der Waals surface area contributed by atoms with E-state index < -0.39 is 0 Å². The number of aryl methyl sites for hydroxylation is 1. The van der Waals surface area contributed by atoms with Crippen molar-refractivity contribution in [2.45, 2.75) is 31.2 Å². The first-order valence-electron chi connectivity index (χ1n) is 8.03. The summed E-state index contributed by atoms with van der Waals surface area (Å²) >= 11 is 0. The molecule has 3 nitrogen and oxygen atoms in total. The molecule has 2 unspecified atom stereocenters. The van der Waals surface area contributed by atoms with Crippen LogP contribution in [-0.4, -0.2) is 19.2 Å². The Kier molecular flexibility index (Phi) is 4.76. The summed E-state index contributed by atoms with van der Waals surface area (Å²) in [6.07, 6.45) is 3.09. The Morgan fingerprint density at radius 2 is 1.91 bits per heavy atom. The van der Waals surface area contributed by atoms with E-state index in [1.807, 2.05) is 6.07 Å². The molecular weight excluding hydrogens is 272 g/mol. The van der Waals surface area contributed by atoms with Crippen LogP contribution in [0.5, 0.6) is 5.75 Å². The Morgan fingerprint density at radius 3 is 2.68 bits per heavy atom. The van der Waals surface area contributed by atoms with Gasteiger partial charge in [-0.2, -0.15) is 0 Å². The maximum absolute atomic E-state index is 6.43. The molecule has 116 valence electrons. The van der Waals surface area contributed by atoms with Gasteiger partial charge in [-0.3, -0.25) is 0 Å². The predicted molar refractivity (Wildman–Crippen MR) is 90.2 cm³/mol. The summed E-state index contributed by atoms with van der Waals surface area (Å²) in [6.45, 7) is 1.08. The molecule has 2 aromatic carbocycles. The lowest BCUT2D eigenvalue weighted by atomic mass is 9.76. The Morgan fingerprint density at radius 1 is 1.09 bits per heavy atom. The van der Waals surface area contributed by atoms with Gasteiger partial charge in [-0.15, -0.1) is 0 Å². The van der Waals surface area contributed by atoms with Crippen LogP contribution < -0.4 is 16.2 Å². The van der Waals surface area contributed by atoms with Crippen LogP contribution in [0, 0.1) is 0 Å². The van der Waals surface area contributed by atoms with E-state index in [1.165, 1.54) is 16.7 Å². The third-order valence-corrected chi connectivity index (χ3v) is 4.47. The van der Waals surface area contributed by atoms with E-state index in [0.717, 1.165) is 25.0 Å². The summed E-state index contributed by atoms with van der Waals surface area (Å²) in [5.74, 6) is 1.25. The van der Waals surface area contributed by atoms with Gasteiger partial charge in [-0.25, -0.2) is 0 Å². The highest BCUT2D eigenvalue weighted by Gasteiger charge is 2.27. The molecule has 3 rings (SSSR count). The van der Waals surface area contributed by atoms with E-state index in [9.17, 15) is 0 Å². The molecule has 0 bridgehead atoms. The molecule has 0 aromatic heterocycles. The van der Waals surface area contributed by atoms with Gasteiger partial charge < -0.3 is 16.2 Å². The zero-order valence-electron chi connectivity index (χ0n) is 12.9. The topological polar surface area (TPSA) is 61.3 Å². The number of hydrogen-bond acceptors (Lipinski definition) is 3. The van der Waals surface area contributed by atoms with Crippen molar-refractivity contribution in [2.24, 2.45) is 11.5 Å². The first-order chi connectivity index (χ1) is 10.8. The molecule has 1 aliphatic carbocycles. The van der Waals surface area contributed by atoms with Crippen molar-refractivity contribution in [1.82, 2.24) is 0 Å². The molecule has 22 heavy (non-hydrogen) atoms. The molecule has 3 heteroatoms. The molecule has 4 N–H and O–H groups in total. The Labute approximate surface area is 132 Å². The van der Waals surface area contributed by atoms with Gasteiger partial charge in [-0.1, -0.05) is 36.4 Å². The Bertz CT molecular complexity index is 612. The fourth-order valence-corrected chi connectivity index (χ4v) is 3.30. The van der Waals surface area contributed by atoms with E-state index in [1.54, 1.807) is 0 Å². The number of nitrogens with two attached hydrogens (primary N) is 2. The zero-order chi connectivity index (χ0) is 15.4. The lowest BCUT2D eigenvalue weighted by molar-refractivity contribution is 0.327. The molecular formula is C19H24N2O. The highest BCUT2D eigenvalue weighted by molar-refractivity contribution is 5.41. The average molecular weight is 296 g/mol. The quantitative estimate of drug-likeness (QED) is 0.891. The minimum Gasteiger partial charge on any atom is -0.492 e. The Hall–Kier alpha value is -1.84. The van der Waals surface area contributed by atoms with Gasteiger partial charge in [0.25, 0.3) is 0 Å². The highest BCUT2D eigenvalue weighted by atomic mass is 16.5. The largest absolute Gasteiger partial charge is 0.492 e. The smallest absolute Gasteiger partial charge is 0.119 e. The van der Waals surface area contributed by atoms with Crippen LogP contribution in [0.25, 0.3) is 0 Å². The van der Waals surface area contributed by atoms with Crippen LogP contribution in [0.3, 0.4) is 0 Å². The van der Waals surface area contributed by atoms with E-state index in [0.29, 0.717) is 19.1 Å². The van der Waals surface area contributed by atoms with E-state index >= 15 is 0 Å². The lowest BCUT2D eigenvalue weighted by Crippen LogP contribution is -2.34. The first-order valence-corrected chi connectivity index (χ1v) is 8.03. The van der Waals surface area contributed by atoms with Crippen molar-refractivity contribution >= 4 is 0 Å². The second-order valence-electron chi connectivity index (χ2n) is 6.00. The fraction of sp³-hybridized carbons (Fsp3) is 0.368. The minimum atomic E-state index is 0.206. The van der Waals surface area contributed by atoms with E-state index in [2.05, 4.69) is 42.5 Å². The summed E-state index contributed by atoms with van der Waals surface area (Å²) in [4.78, 5) is 0. The van der Waals surface area contributed by atoms with Crippen molar-refractivity contribution in [3.05, 3.63) is 65.2 Å². The molecule has 0 saturated carbocycles. The molecule has 0 fully saturated rings. The van der Waals surface area contributed by atoms with E-state index in [4.69, 9.17) is 16.2 Å². The monoisotopic (exact) mass is 296 g/mol. The van der Waals surface area contributed by atoms with Crippen LogP contribution in [0.15, 0.2) is 48.5 Å². The van der Waals surface area contributed by atoms with Crippen molar-refractivity contribution in [3.63, 3.8) is 0 Å². The van der Waals surface area contributed by atoms with Crippen LogP contribution >= 0.6 is 0 Å². The molecule has 2 atom stereocenters. The van der Waals surface area contributed by atoms with Gasteiger partial charge in [0.1, 0.15) is 12.4 Å². The molecule has 0 saturated heterocycles. The SMILES string of the molecule is NCCOc1ccc2c(c1)C(Cc1ccccc1)C(N)CC2. The molecule has 0 spiro atoms. The number of ether oxygens (including phenoxy) is 1. The van der Waals surface area contributed by atoms with Crippen LogP contribution in [0.4, 0.5) is 0 Å². The summed E-state index contributed by atoms with van der Waals surface area (Å²) < 4.78 is 5.69. The normalized spacial score (nSPS) is 20.5. The standard InChI is InChI=1S/C19H24N2O/c20-10-11-22-16-8-6-15-7-9-19(21)18(17(15)13-16)12-14-4-2-1-3-5-14/h1-6,8,13,18-19H,7,9-12,20-21H2. The third-order valence-electron chi connectivity index (χ3n) is 4.47. The van der Waals surface area contributed by atoms with Crippen molar-refractivity contribution in [1.29, 1.82) is 0 Å². The van der Waals surface area contributed by atoms with Crippen molar-refractivity contribution < 1.29 is 4.74 Å². The average Bonchev–Trinajstić information content (AvgIpc) is 2.56. The Balaban J connectivity index is 1.87. The predicted octanol–water partition coefficient (Wildman–Crippen LogP) is 2.62. The van der Waals surface area contributed by atoms with E-state index in [-0.39, 0.29) is 6.04 Å². The molecule has 1 aliphatic rings. The molecule has 0 amide bonds. The maximum Gasteiger partial charge on any atom is 0.119 e. The van der Waals surface area contributed by atoms with Gasteiger partial charge in [0.2, 0.25) is 0 Å². The van der Waals surface area contributed by atoms with Crippen molar-refractivity contribution in [2.75, 3.05) is 13.2 Å². The minimum absolute atomic E-state index is 0.206. The lowest BCUT2D eigenvalue weighted by Gasteiger charge is -2.32. The van der Waals surface area contributed by atoms with Crippen LogP contribution in [0.2, 0.25) is 0 Å². The highest BCUT2D eigenvalue weighted by Crippen LogP contribution is 2.35. The summed E-state index contributed by atoms with van der Waals surface area (Å²) in [7, 11) is 0. The third kappa shape index (κ3) is 3.32.